The van der Waals surface area contributed by atoms with Crippen molar-refractivity contribution in [3.05, 3.63) is 30.6 Å². The predicted octanol–water partition coefficient (Wildman–Crippen LogP) is 2.06. The van der Waals surface area contributed by atoms with E-state index in [1.54, 1.807) is 12.5 Å². The van der Waals surface area contributed by atoms with Gasteiger partial charge in [-0.1, -0.05) is 13.8 Å². The van der Waals surface area contributed by atoms with Gasteiger partial charge in [0.1, 0.15) is 12.2 Å². The number of hydrogen-bond donors (Lipinski definition) is 0. The minimum atomic E-state index is 0.975. The van der Waals surface area contributed by atoms with Crippen molar-refractivity contribution in [3.63, 3.8) is 0 Å². The van der Waals surface area contributed by atoms with Crippen LogP contribution in [0.1, 0.15) is 19.7 Å². The first-order chi connectivity index (χ1) is 5.88. The Labute approximate surface area is 72.1 Å². The fourth-order valence-corrected chi connectivity index (χ4v) is 0.969. The van der Waals surface area contributed by atoms with Crippen LogP contribution >= 0.6 is 0 Å². The molecule has 0 N–H and O–H groups in total. The molecule has 3 nitrogen and oxygen atoms in total. The first-order valence-corrected chi connectivity index (χ1v) is 4.11. The van der Waals surface area contributed by atoms with E-state index >= 15 is 0 Å². The van der Waals surface area contributed by atoms with Gasteiger partial charge in [0.25, 0.3) is 0 Å². The molecule has 2 aromatic heterocycles. The van der Waals surface area contributed by atoms with Gasteiger partial charge in [0.15, 0.2) is 0 Å². The summed E-state index contributed by atoms with van der Waals surface area (Å²) < 4.78 is 1.94. The zero-order valence-electron chi connectivity index (χ0n) is 7.65. The Morgan fingerprint density at radius 3 is 2.75 bits per heavy atom. The van der Waals surface area contributed by atoms with Crippen LogP contribution < -0.4 is 0 Å². The Bertz CT molecular complexity index is 351. The smallest absolute Gasteiger partial charge is 0.111 e. The number of imidazole rings is 1. The molecule has 12 heavy (non-hydrogen) atoms. The maximum Gasteiger partial charge on any atom is 0.111 e. The zero-order chi connectivity index (χ0) is 8.97. The quantitative estimate of drug-likeness (QED) is 0.595. The van der Waals surface area contributed by atoms with E-state index in [9.17, 15) is 0 Å². The van der Waals surface area contributed by atoms with Crippen LogP contribution in [0.2, 0.25) is 0 Å². The van der Waals surface area contributed by atoms with Gasteiger partial charge in [0, 0.05) is 6.20 Å². The molecule has 0 radical (unpaired) electrons. The van der Waals surface area contributed by atoms with Gasteiger partial charge >= 0.3 is 0 Å². The summed E-state index contributed by atoms with van der Waals surface area (Å²) in [4.78, 5) is 8.09. The topological polar surface area (TPSA) is 30.2 Å². The minimum absolute atomic E-state index is 0.975. The van der Waals surface area contributed by atoms with Crippen molar-refractivity contribution in [2.45, 2.75) is 20.8 Å². The van der Waals surface area contributed by atoms with Crippen LogP contribution in [0.15, 0.2) is 24.8 Å². The summed E-state index contributed by atoms with van der Waals surface area (Å²) in [5.74, 6) is 0.975. The van der Waals surface area contributed by atoms with Crippen LogP contribution in [0.3, 0.4) is 0 Å². The molecular weight excluding hydrogens is 150 g/mol. The Kier molecular flexibility index (Phi) is 2.80. The Balaban J connectivity index is 0.000000336. The number of hydrogen-bond acceptors (Lipinski definition) is 2. The van der Waals surface area contributed by atoms with Gasteiger partial charge in [-0.3, -0.25) is 4.40 Å². The summed E-state index contributed by atoms with van der Waals surface area (Å²) in [6, 6.07) is 1.93. The molecule has 0 saturated heterocycles. The van der Waals surface area contributed by atoms with Crippen LogP contribution in [-0.2, 0) is 0 Å². The van der Waals surface area contributed by atoms with Crippen molar-refractivity contribution >= 4 is 5.52 Å². The molecule has 0 saturated carbocycles. The molecule has 0 aliphatic heterocycles. The average molecular weight is 163 g/mol. The average Bonchev–Trinajstić information content (AvgIpc) is 2.53. The highest BCUT2D eigenvalue weighted by atomic mass is 15.0. The summed E-state index contributed by atoms with van der Waals surface area (Å²) in [7, 11) is 0. The molecule has 64 valence electrons. The summed E-state index contributed by atoms with van der Waals surface area (Å²) in [5, 5.41) is 0. The summed E-state index contributed by atoms with van der Waals surface area (Å²) >= 11 is 0. The lowest BCUT2D eigenvalue weighted by Gasteiger charge is -1.90. The van der Waals surface area contributed by atoms with Crippen molar-refractivity contribution in [1.82, 2.24) is 14.4 Å². The third kappa shape index (κ3) is 1.44. The van der Waals surface area contributed by atoms with Gasteiger partial charge in [0.2, 0.25) is 0 Å². The molecule has 0 fully saturated rings. The van der Waals surface area contributed by atoms with Crippen molar-refractivity contribution in [2.75, 3.05) is 0 Å². The van der Waals surface area contributed by atoms with Gasteiger partial charge < -0.3 is 0 Å². The molecular formula is C9H13N3. The molecule has 2 aromatic rings. The lowest BCUT2D eigenvalue weighted by atomic mass is 10.5. The van der Waals surface area contributed by atoms with E-state index in [0.29, 0.717) is 0 Å². The van der Waals surface area contributed by atoms with E-state index in [1.165, 1.54) is 0 Å². The number of aryl methyl sites for hydroxylation is 1. The molecule has 0 amide bonds. The van der Waals surface area contributed by atoms with Crippen LogP contribution in [0, 0.1) is 6.92 Å². The van der Waals surface area contributed by atoms with Crippen LogP contribution in [0.25, 0.3) is 5.52 Å². The number of aromatic nitrogens is 3. The van der Waals surface area contributed by atoms with Crippen molar-refractivity contribution < 1.29 is 0 Å². The third-order valence-electron chi connectivity index (χ3n) is 1.52. The molecule has 0 spiro atoms. The van der Waals surface area contributed by atoms with Crippen LogP contribution in [0.4, 0.5) is 0 Å². The van der Waals surface area contributed by atoms with Crippen LogP contribution in [-0.4, -0.2) is 14.4 Å². The van der Waals surface area contributed by atoms with Gasteiger partial charge in [-0.05, 0) is 13.0 Å². The maximum atomic E-state index is 4.12. The molecule has 2 rings (SSSR count). The van der Waals surface area contributed by atoms with E-state index in [0.717, 1.165) is 11.3 Å². The normalized spacial score (nSPS) is 9.25. The summed E-state index contributed by atoms with van der Waals surface area (Å²) in [5.41, 5.74) is 1.09. The minimum Gasteiger partial charge on any atom is -0.287 e. The Hall–Kier alpha value is -1.38. The van der Waals surface area contributed by atoms with E-state index in [-0.39, 0.29) is 0 Å². The highest BCUT2D eigenvalue weighted by molar-refractivity contribution is 5.43. The van der Waals surface area contributed by atoms with Gasteiger partial charge in [0.05, 0.1) is 11.7 Å². The molecule has 0 aliphatic rings. The van der Waals surface area contributed by atoms with Crippen molar-refractivity contribution in [2.24, 2.45) is 0 Å². The molecule has 2 heterocycles. The monoisotopic (exact) mass is 163 g/mol. The molecule has 0 unspecified atom stereocenters. The molecule has 0 atom stereocenters. The van der Waals surface area contributed by atoms with Crippen molar-refractivity contribution in [3.8, 4) is 0 Å². The standard InChI is InChI=1S/C7H7N3.C2H6/c1-6-9-4-7-2-3-8-5-10(6)7;1-2/h2-5H,1H3;1-2H3. The van der Waals surface area contributed by atoms with E-state index in [4.69, 9.17) is 0 Å². The molecule has 0 aliphatic carbocycles. The summed E-state index contributed by atoms with van der Waals surface area (Å²) in [6.07, 6.45) is 5.35. The first-order valence-electron chi connectivity index (χ1n) is 4.11. The van der Waals surface area contributed by atoms with Crippen LogP contribution in [0.5, 0.6) is 0 Å². The fourth-order valence-electron chi connectivity index (χ4n) is 0.969. The Morgan fingerprint density at radius 1 is 1.33 bits per heavy atom. The maximum absolute atomic E-state index is 4.12. The lowest BCUT2D eigenvalue weighted by Crippen LogP contribution is -1.87. The third-order valence-corrected chi connectivity index (χ3v) is 1.52. The summed E-state index contributed by atoms with van der Waals surface area (Å²) in [6.45, 7) is 5.95. The number of fused-ring (bicyclic) bond motifs is 1. The van der Waals surface area contributed by atoms with Crippen molar-refractivity contribution in [1.29, 1.82) is 0 Å². The van der Waals surface area contributed by atoms with E-state index < -0.39 is 0 Å². The predicted molar refractivity (Wildman–Crippen MR) is 49.1 cm³/mol. The first kappa shape index (κ1) is 8.71. The Morgan fingerprint density at radius 2 is 2.08 bits per heavy atom. The SMILES string of the molecule is CC.Cc1ncc2ccncn12. The largest absolute Gasteiger partial charge is 0.287 e. The van der Waals surface area contributed by atoms with E-state index in [1.807, 2.05) is 37.4 Å². The second-order valence-corrected chi connectivity index (χ2v) is 2.18. The van der Waals surface area contributed by atoms with Gasteiger partial charge in [-0.2, -0.15) is 0 Å². The van der Waals surface area contributed by atoms with Gasteiger partial charge in [-0.15, -0.1) is 0 Å². The zero-order valence-corrected chi connectivity index (χ0v) is 7.65. The number of rotatable bonds is 0. The lowest BCUT2D eigenvalue weighted by molar-refractivity contribution is 1.000. The molecule has 3 heteroatoms. The highest BCUT2D eigenvalue weighted by Gasteiger charge is 1.93. The van der Waals surface area contributed by atoms with E-state index in [2.05, 4.69) is 9.97 Å². The van der Waals surface area contributed by atoms with Gasteiger partial charge in [-0.25, -0.2) is 9.97 Å². The molecule has 0 bridgehead atoms. The second-order valence-electron chi connectivity index (χ2n) is 2.18. The number of nitrogens with zero attached hydrogens (tertiary/aromatic N) is 3. The molecule has 0 aromatic carbocycles. The highest BCUT2D eigenvalue weighted by Crippen LogP contribution is 2.01. The fraction of sp³-hybridized carbons (Fsp3) is 0.333. The second kappa shape index (κ2) is 3.85.